The molecule has 0 unspecified atom stereocenters. The number of aromatic nitrogens is 1. The van der Waals surface area contributed by atoms with Crippen molar-refractivity contribution in [2.75, 3.05) is 0 Å². The standard InChI is InChI=1S/C12H12FNO2/c1-12(2,11(15)16)10-6-7-8(13)4-3-5-9(7)14-10/h3-6,14H,1-2H3,(H,15,16). The van der Waals surface area contributed by atoms with Crippen molar-refractivity contribution in [2.45, 2.75) is 19.3 Å². The summed E-state index contributed by atoms with van der Waals surface area (Å²) in [6.07, 6.45) is 0. The average Bonchev–Trinajstić information content (AvgIpc) is 2.63. The number of H-pyrrole nitrogens is 1. The molecule has 0 atom stereocenters. The molecule has 0 aliphatic rings. The summed E-state index contributed by atoms with van der Waals surface area (Å²) in [5, 5.41) is 9.50. The molecule has 1 aromatic carbocycles. The van der Waals surface area contributed by atoms with Crippen molar-refractivity contribution in [3.8, 4) is 0 Å². The lowest BCUT2D eigenvalue weighted by atomic mass is 9.90. The van der Waals surface area contributed by atoms with Crippen molar-refractivity contribution in [1.29, 1.82) is 0 Å². The highest BCUT2D eigenvalue weighted by Gasteiger charge is 2.31. The van der Waals surface area contributed by atoms with Crippen LogP contribution in [0.4, 0.5) is 4.39 Å². The number of halogens is 1. The van der Waals surface area contributed by atoms with Gasteiger partial charge in [0.25, 0.3) is 0 Å². The molecule has 0 saturated carbocycles. The summed E-state index contributed by atoms with van der Waals surface area (Å²) in [6.45, 7) is 3.16. The summed E-state index contributed by atoms with van der Waals surface area (Å²) in [5.74, 6) is -1.29. The molecule has 0 saturated heterocycles. The van der Waals surface area contributed by atoms with Crippen LogP contribution >= 0.6 is 0 Å². The first-order valence-electron chi connectivity index (χ1n) is 4.94. The van der Waals surface area contributed by atoms with Crippen LogP contribution in [-0.2, 0) is 10.2 Å². The maximum Gasteiger partial charge on any atom is 0.315 e. The van der Waals surface area contributed by atoms with Gasteiger partial charge < -0.3 is 10.1 Å². The molecular formula is C12H12FNO2. The van der Waals surface area contributed by atoms with Crippen molar-refractivity contribution >= 4 is 16.9 Å². The van der Waals surface area contributed by atoms with E-state index in [9.17, 15) is 9.18 Å². The average molecular weight is 221 g/mol. The lowest BCUT2D eigenvalue weighted by molar-refractivity contribution is -0.142. The number of benzene rings is 1. The SMILES string of the molecule is CC(C)(C(=O)O)c1cc2c(F)cccc2[nH]1. The first kappa shape index (κ1) is 10.7. The quantitative estimate of drug-likeness (QED) is 0.819. The van der Waals surface area contributed by atoms with E-state index in [-0.39, 0.29) is 5.82 Å². The Labute approximate surface area is 91.9 Å². The zero-order valence-electron chi connectivity index (χ0n) is 9.04. The zero-order valence-corrected chi connectivity index (χ0v) is 9.04. The minimum atomic E-state index is -1.05. The van der Waals surface area contributed by atoms with Crippen LogP contribution in [-0.4, -0.2) is 16.1 Å². The van der Waals surface area contributed by atoms with Gasteiger partial charge >= 0.3 is 5.97 Å². The molecule has 16 heavy (non-hydrogen) atoms. The molecule has 3 nitrogen and oxygen atoms in total. The van der Waals surface area contributed by atoms with Crippen molar-refractivity contribution in [2.24, 2.45) is 0 Å². The maximum absolute atomic E-state index is 13.4. The third-order valence-corrected chi connectivity index (χ3v) is 2.82. The molecule has 0 radical (unpaired) electrons. The number of carboxylic acids is 1. The number of fused-ring (bicyclic) bond motifs is 1. The Morgan fingerprint density at radius 2 is 2.12 bits per heavy atom. The van der Waals surface area contributed by atoms with Crippen molar-refractivity contribution in [1.82, 2.24) is 4.98 Å². The van der Waals surface area contributed by atoms with Gasteiger partial charge in [0, 0.05) is 16.6 Å². The third kappa shape index (κ3) is 1.46. The number of hydrogen-bond donors (Lipinski definition) is 2. The summed E-state index contributed by atoms with van der Waals surface area (Å²) in [4.78, 5) is 14.0. The number of carbonyl (C=O) groups is 1. The fraction of sp³-hybridized carbons (Fsp3) is 0.250. The van der Waals surface area contributed by atoms with Gasteiger partial charge in [-0.15, -0.1) is 0 Å². The van der Waals surface area contributed by atoms with Crippen molar-refractivity contribution in [3.63, 3.8) is 0 Å². The number of nitrogens with one attached hydrogen (secondary N) is 1. The number of carboxylic acid groups (broad SMARTS) is 1. The topological polar surface area (TPSA) is 53.1 Å². The lowest BCUT2D eigenvalue weighted by Gasteiger charge is -2.16. The summed E-state index contributed by atoms with van der Waals surface area (Å²) >= 11 is 0. The largest absolute Gasteiger partial charge is 0.481 e. The van der Waals surface area contributed by atoms with Crippen LogP contribution in [0.5, 0.6) is 0 Å². The molecule has 1 aromatic heterocycles. The first-order valence-corrected chi connectivity index (χ1v) is 4.94. The maximum atomic E-state index is 13.4. The number of rotatable bonds is 2. The third-order valence-electron chi connectivity index (χ3n) is 2.82. The van der Waals surface area contributed by atoms with Crippen LogP contribution in [0.15, 0.2) is 24.3 Å². The predicted molar refractivity (Wildman–Crippen MR) is 58.9 cm³/mol. The molecule has 1 heterocycles. The van der Waals surface area contributed by atoms with E-state index >= 15 is 0 Å². The van der Waals surface area contributed by atoms with Crippen LogP contribution < -0.4 is 0 Å². The van der Waals surface area contributed by atoms with Crippen LogP contribution in [0.25, 0.3) is 10.9 Å². The fourth-order valence-electron chi connectivity index (χ4n) is 1.57. The van der Waals surface area contributed by atoms with Crippen molar-refractivity contribution in [3.05, 3.63) is 35.8 Å². The van der Waals surface area contributed by atoms with E-state index < -0.39 is 11.4 Å². The number of hydrogen-bond acceptors (Lipinski definition) is 1. The Kier molecular flexibility index (Phi) is 2.22. The molecule has 84 valence electrons. The van der Waals surface area contributed by atoms with Gasteiger partial charge in [0.2, 0.25) is 0 Å². The summed E-state index contributed by atoms with van der Waals surface area (Å²) in [7, 11) is 0. The second-order valence-electron chi connectivity index (χ2n) is 4.31. The molecule has 2 N–H and O–H groups in total. The summed E-state index contributed by atoms with van der Waals surface area (Å²) in [6, 6.07) is 6.22. The second kappa shape index (κ2) is 3.33. The van der Waals surface area contributed by atoms with Crippen LogP contribution in [0.1, 0.15) is 19.5 Å². The van der Waals surface area contributed by atoms with E-state index in [1.54, 1.807) is 32.0 Å². The van der Waals surface area contributed by atoms with Gasteiger partial charge in [-0.1, -0.05) is 6.07 Å². The van der Waals surface area contributed by atoms with Gasteiger partial charge in [0.1, 0.15) is 11.2 Å². The Hall–Kier alpha value is -1.84. The monoisotopic (exact) mass is 221 g/mol. The van der Waals surface area contributed by atoms with E-state index in [4.69, 9.17) is 5.11 Å². The second-order valence-corrected chi connectivity index (χ2v) is 4.31. The van der Waals surface area contributed by atoms with E-state index in [0.29, 0.717) is 16.6 Å². The summed E-state index contributed by atoms with van der Waals surface area (Å²) < 4.78 is 13.4. The molecular weight excluding hydrogens is 209 g/mol. The summed E-state index contributed by atoms with van der Waals surface area (Å²) in [5.41, 5.74) is 0.0651. The van der Waals surface area contributed by atoms with Gasteiger partial charge in [-0.2, -0.15) is 0 Å². The highest BCUT2D eigenvalue weighted by Crippen LogP contribution is 2.27. The van der Waals surface area contributed by atoms with Crippen molar-refractivity contribution < 1.29 is 14.3 Å². The van der Waals surface area contributed by atoms with E-state index in [1.165, 1.54) is 6.07 Å². The highest BCUT2D eigenvalue weighted by molar-refractivity contribution is 5.86. The van der Waals surface area contributed by atoms with Gasteiger partial charge in [0.15, 0.2) is 0 Å². The van der Waals surface area contributed by atoms with Gasteiger partial charge in [-0.3, -0.25) is 4.79 Å². The van der Waals surface area contributed by atoms with Crippen LogP contribution in [0.3, 0.4) is 0 Å². The highest BCUT2D eigenvalue weighted by atomic mass is 19.1. The van der Waals surface area contributed by atoms with Gasteiger partial charge in [-0.25, -0.2) is 4.39 Å². The minimum absolute atomic E-state index is 0.346. The molecule has 0 bridgehead atoms. The Balaban J connectivity index is 2.64. The normalized spacial score (nSPS) is 11.9. The van der Waals surface area contributed by atoms with Gasteiger partial charge in [-0.05, 0) is 32.0 Å². The zero-order chi connectivity index (χ0) is 11.9. The smallest absolute Gasteiger partial charge is 0.315 e. The molecule has 4 heteroatoms. The first-order chi connectivity index (χ1) is 7.43. The lowest BCUT2D eigenvalue weighted by Crippen LogP contribution is -2.28. The predicted octanol–water partition coefficient (Wildman–Crippen LogP) is 2.67. The molecule has 2 aromatic rings. The number of aromatic amines is 1. The Morgan fingerprint density at radius 1 is 1.44 bits per heavy atom. The van der Waals surface area contributed by atoms with Crippen LogP contribution in [0, 0.1) is 5.82 Å². The van der Waals surface area contributed by atoms with E-state index in [1.807, 2.05) is 0 Å². The molecule has 2 rings (SSSR count). The van der Waals surface area contributed by atoms with Crippen LogP contribution in [0.2, 0.25) is 0 Å². The Morgan fingerprint density at radius 3 is 2.69 bits per heavy atom. The molecule has 0 aliphatic carbocycles. The molecule has 0 fully saturated rings. The fourth-order valence-corrected chi connectivity index (χ4v) is 1.57. The Bertz CT molecular complexity index is 557. The molecule has 0 aliphatic heterocycles. The van der Waals surface area contributed by atoms with Gasteiger partial charge in [0.05, 0.1) is 0 Å². The van der Waals surface area contributed by atoms with E-state index in [2.05, 4.69) is 4.98 Å². The minimum Gasteiger partial charge on any atom is -0.481 e. The van der Waals surface area contributed by atoms with E-state index in [0.717, 1.165) is 0 Å². The molecule has 0 spiro atoms. The number of aliphatic carboxylic acids is 1. The molecule has 0 amide bonds.